The summed E-state index contributed by atoms with van der Waals surface area (Å²) in [5.41, 5.74) is 1.92. The highest BCUT2D eigenvalue weighted by Crippen LogP contribution is 2.21. The van der Waals surface area contributed by atoms with E-state index < -0.39 is 5.97 Å². The van der Waals surface area contributed by atoms with Gasteiger partial charge in [-0.25, -0.2) is 4.79 Å². The Bertz CT molecular complexity index is 720. The number of benzene rings is 2. The van der Waals surface area contributed by atoms with Crippen LogP contribution in [0.15, 0.2) is 70.5 Å². The van der Waals surface area contributed by atoms with Gasteiger partial charge in [-0.3, -0.25) is 0 Å². The molecule has 0 aliphatic rings. The molecule has 0 unspecified atom stereocenters. The normalized spacial score (nSPS) is 12.1. The van der Waals surface area contributed by atoms with E-state index in [9.17, 15) is 9.90 Å². The third-order valence-corrected chi connectivity index (χ3v) is 3.04. The molecule has 0 aromatic heterocycles. The zero-order valence-corrected chi connectivity index (χ0v) is 13.1. The number of aliphatic hydroxyl groups excluding tert-OH is 1. The molecular weight excluding hydrogens is 292 g/mol. The van der Waals surface area contributed by atoms with Crippen LogP contribution in [0.1, 0.15) is 18.1 Å². The molecule has 0 amide bonds. The molecule has 0 spiro atoms. The van der Waals surface area contributed by atoms with Gasteiger partial charge in [-0.1, -0.05) is 48.0 Å². The fraction of sp³-hybridized carbons (Fsp3) is 0.167. The summed E-state index contributed by atoms with van der Waals surface area (Å²) >= 11 is 0. The van der Waals surface area contributed by atoms with Crippen LogP contribution in [0.25, 0.3) is 5.76 Å². The van der Waals surface area contributed by atoms with Gasteiger partial charge in [-0.05, 0) is 26.0 Å². The second-order valence-corrected chi connectivity index (χ2v) is 4.82. The first-order chi connectivity index (χ1) is 11.1. The first kappa shape index (κ1) is 16.4. The Hall–Kier alpha value is -2.95. The van der Waals surface area contributed by atoms with Gasteiger partial charge in [-0.15, -0.1) is 5.11 Å². The van der Waals surface area contributed by atoms with Crippen molar-refractivity contribution in [1.29, 1.82) is 0 Å². The highest BCUT2D eigenvalue weighted by molar-refractivity contribution is 5.95. The molecule has 2 rings (SSSR count). The van der Waals surface area contributed by atoms with Crippen LogP contribution in [0.3, 0.4) is 0 Å². The minimum absolute atomic E-state index is 0.185. The summed E-state index contributed by atoms with van der Waals surface area (Å²) in [4.78, 5) is 12.0. The molecular formula is C18H18N2O3. The van der Waals surface area contributed by atoms with Crippen molar-refractivity contribution in [2.75, 3.05) is 6.61 Å². The van der Waals surface area contributed by atoms with Crippen LogP contribution < -0.4 is 0 Å². The first-order valence-electron chi connectivity index (χ1n) is 7.26. The molecule has 5 nitrogen and oxygen atoms in total. The third-order valence-electron chi connectivity index (χ3n) is 3.04. The van der Waals surface area contributed by atoms with Crippen molar-refractivity contribution in [1.82, 2.24) is 0 Å². The maximum atomic E-state index is 12.0. The molecule has 0 heterocycles. The number of aliphatic hydroxyl groups is 1. The monoisotopic (exact) mass is 310 g/mol. The van der Waals surface area contributed by atoms with E-state index in [0.29, 0.717) is 11.3 Å². The average Bonchev–Trinajstić information content (AvgIpc) is 2.57. The number of ether oxygens (including phenoxy) is 1. The lowest BCUT2D eigenvalue weighted by Crippen LogP contribution is -2.08. The van der Waals surface area contributed by atoms with E-state index in [4.69, 9.17) is 4.74 Å². The minimum atomic E-state index is -0.718. The van der Waals surface area contributed by atoms with Crippen LogP contribution in [0.5, 0.6) is 0 Å². The van der Waals surface area contributed by atoms with Gasteiger partial charge in [0.25, 0.3) is 0 Å². The Morgan fingerprint density at radius 1 is 1.09 bits per heavy atom. The summed E-state index contributed by atoms with van der Waals surface area (Å²) in [7, 11) is 0. The summed E-state index contributed by atoms with van der Waals surface area (Å²) in [5, 5.41) is 18.2. The van der Waals surface area contributed by atoms with E-state index in [0.717, 1.165) is 5.56 Å². The highest BCUT2D eigenvalue weighted by Gasteiger charge is 2.18. The summed E-state index contributed by atoms with van der Waals surface area (Å²) in [6, 6.07) is 16.0. The number of esters is 1. The molecule has 0 atom stereocenters. The molecule has 0 radical (unpaired) electrons. The van der Waals surface area contributed by atoms with Crippen LogP contribution in [-0.4, -0.2) is 17.7 Å². The SMILES string of the molecule is CCOC(=O)C(N=Nc1ccc(C)cc1)=C(O)c1ccccc1. The maximum Gasteiger partial charge on any atom is 0.362 e. The van der Waals surface area contributed by atoms with Crippen LogP contribution in [0.2, 0.25) is 0 Å². The number of nitrogens with zero attached hydrogens (tertiary/aromatic N) is 2. The molecule has 23 heavy (non-hydrogen) atoms. The van der Waals surface area contributed by atoms with Gasteiger partial charge in [0.1, 0.15) is 0 Å². The molecule has 0 saturated heterocycles. The largest absolute Gasteiger partial charge is 0.505 e. The molecule has 2 aromatic carbocycles. The predicted molar refractivity (Wildman–Crippen MR) is 88.3 cm³/mol. The fourth-order valence-electron chi connectivity index (χ4n) is 1.84. The predicted octanol–water partition coefficient (Wildman–Crippen LogP) is 4.57. The molecule has 2 aromatic rings. The summed E-state index contributed by atoms with van der Waals surface area (Å²) in [6.45, 7) is 3.84. The second kappa shape index (κ2) is 7.89. The van der Waals surface area contributed by atoms with Crippen molar-refractivity contribution in [3.63, 3.8) is 0 Å². The van der Waals surface area contributed by atoms with E-state index in [1.807, 2.05) is 25.1 Å². The van der Waals surface area contributed by atoms with Crippen LogP contribution >= 0.6 is 0 Å². The molecule has 118 valence electrons. The van der Waals surface area contributed by atoms with E-state index in [-0.39, 0.29) is 18.1 Å². The van der Waals surface area contributed by atoms with Gasteiger partial charge in [0.05, 0.1) is 12.3 Å². The lowest BCUT2D eigenvalue weighted by Gasteiger charge is -2.05. The van der Waals surface area contributed by atoms with Crippen molar-refractivity contribution in [3.8, 4) is 0 Å². The van der Waals surface area contributed by atoms with Gasteiger partial charge in [-0.2, -0.15) is 5.11 Å². The Kier molecular flexibility index (Phi) is 5.63. The lowest BCUT2D eigenvalue weighted by atomic mass is 10.1. The Morgan fingerprint density at radius 2 is 1.74 bits per heavy atom. The Labute approximate surface area is 135 Å². The van der Waals surface area contributed by atoms with Gasteiger partial charge < -0.3 is 9.84 Å². The van der Waals surface area contributed by atoms with Gasteiger partial charge >= 0.3 is 5.97 Å². The van der Waals surface area contributed by atoms with Crippen LogP contribution in [-0.2, 0) is 9.53 Å². The highest BCUT2D eigenvalue weighted by atomic mass is 16.5. The summed E-state index contributed by atoms with van der Waals surface area (Å²) in [6.07, 6.45) is 0. The van der Waals surface area contributed by atoms with Crippen LogP contribution in [0.4, 0.5) is 5.69 Å². The number of carbonyl (C=O) groups is 1. The Balaban J connectivity index is 2.38. The van der Waals surface area contributed by atoms with E-state index in [1.165, 1.54) is 0 Å². The number of hydrogen-bond donors (Lipinski definition) is 1. The van der Waals surface area contributed by atoms with Crippen molar-refractivity contribution in [3.05, 3.63) is 71.4 Å². The third kappa shape index (κ3) is 4.51. The molecule has 0 aliphatic heterocycles. The fourth-order valence-corrected chi connectivity index (χ4v) is 1.84. The number of carbonyl (C=O) groups excluding carboxylic acids is 1. The number of hydrogen-bond acceptors (Lipinski definition) is 5. The maximum absolute atomic E-state index is 12.0. The van der Waals surface area contributed by atoms with Crippen molar-refractivity contribution in [2.45, 2.75) is 13.8 Å². The van der Waals surface area contributed by atoms with Crippen LogP contribution in [0, 0.1) is 6.92 Å². The quantitative estimate of drug-likeness (QED) is 0.380. The first-order valence-corrected chi connectivity index (χ1v) is 7.26. The second-order valence-electron chi connectivity index (χ2n) is 4.82. The standard InChI is InChI=1S/C18H18N2O3/c1-3-23-18(22)16(17(21)14-7-5-4-6-8-14)20-19-15-11-9-13(2)10-12-15/h4-12,21H,3H2,1-2H3. The zero-order chi connectivity index (χ0) is 16.7. The van der Waals surface area contributed by atoms with Gasteiger partial charge in [0.2, 0.25) is 5.70 Å². The molecule has 0 aliphatic carbocycles. The summed E-state index contributed by atoms with van der Waals surface area (Å²) < 4.78 is 4.94. The smallest absolute Gasteiger partial charge is 0.362 e. The lowest BCUT2D eigenvalue weighted by molar-refractivity contribution is -0.138. The van der Waals surface area contributed by atoms with Gasteiger partial charge in [0.15, 0.2) is 5.76 Å². The number of azo groups is 1. The topological polar surface area (TPSA) is 71.2 Å². The average molecular weight is 310 g/mol. The molecule has 0 saturated carbocycles. The van der Waals surface area contributed by atoms with E-state index in [2.05, 4.69) is 10.2 Å². The number of aryl methyl sites for hydroxylation is 1. The van der Waals surface area contributed by atoms with E-state index in [1.54, 1.807) is 43.3 Å². The molecule has 0 bridgehead atoms. The molecule has 5 heteroatoms. The molecule has 1 N–H and O–H groups in total. The summed E-state index contributed by atoms with van der Waals surface area (Å²) in [5.74, 6) is -0.982. The minimum Gasteiger partial charge on any atom is -0.505 e. The number of rotatable bonds is 5. The molecule has 0 fully saturated rings. The van der Waals surface area contributed by atoms with Crippen molar-refractivity contribution >= 4 is 17.4 Å². The van der Waals surface area contributed by atoms with E-state index >= 15 is 0 Å². The zero-order valence-electron chi connectivity index (χ0n) is 13.1. The van der Waals surface area contributed by atoms with Gasteiger partial charge in [0, 0.05) is 5.56 Å². The Morgan fingerprint density at radius 3 is 2.35 bits per heavy atom. The van der Waals surface area contributed by atoms with Crippen molar-refractivity contribution in [2.24, 2.45) is 10.2 Å². The van der Waals surface area contributed by atoms with Crippen molar-refractivity contribution < 1.29 is 14.6 Å².